The summed E-state index contributed by atoms with van der Waals surface area (Å²) in [5, 5.41) is 3.23. The number of benzene rings is 2. The monoisotopic (exact) mass is 512 g/mol. The summed E-state index contributed by atoms with van der Waals surface area (Å²) in [4.78, 5) is 27.5. The number of nitrogens with zero attached hydrogens (tertiary/aromatic N) is 3. The molecule has 186 valence electrons. The van der Waals surface area contributed by atoms with Crippen LogP contribution >= 0.6 is 11.6 Å². The van der Waals surface area contributed by atoms with E-state index in [0.29, 0.717) is 17.1 Å². The van der Waals surface area contributed by atoms with Crippen LogP contribution in [-0.4, -0.2) is 62.7 Å². The molecule has 0 aliphatic heterocycles. The number of anilines is 1. The summed E-state index contributed by atoms with van der Waals surface area (Å²) in [7, 11) is -1.43. The van der Waals surface area contributed by atoms with Crippen molar-refractivity contribution < 1.29 is 22.4 Å². The maximum Gasteiger partial charge on any atom is 0.304 e. The fourth-order valence-corrected chi connectivity index (χ4v) is 4.40. The first-order valence-electron chi connectivity index (χ1n) is 10.7. The van der Waals surface area contributed by atoms with Crippen LogP contribution in [0.2, 0.25) is 5.02 Å². The summed E-state index contributed by atoms with van der Waals surface area (Å²) in [5.74, 6) is -1.50. The summed E-state index contributed by atoms with van der Waals surface area (Å²) in [6.45, 7) is 3.39. The van der Waals surface area contributed by atoms with Crippen LogP contribution in [0.5, 0.6) is 0 Å². The molecular formula is C23H30ClFN4O4S. The van der Waals surface area contributed by atoms with Gasteiger partial charge >= 0.3 is 10.2 Å². The van der Waals surface area contributed by atoms with Gasteiger partial charge in [-0.15, -0.1) is 0 Å². The van der Waals surface area contributed by atoms with Crippen molar-refractivity contribution in [2.24, 2.45) is 0 Å². The molecule has 11 heteroatoms. The van der Waals surface area contributed by atoms with E-state index in [1.54, 1.807) is 31.2 Å². The smallest absolute Gasteiger partial charge is 0.304 e. The minimum Gasteiger partial charge on any atom is -0.354 e. The summed E-state index contributed by atoms with van der Waals surface area (Å²) in [5.41, 5.74) is 0.800. The minimum atomic E-state index is -4.10. The number of amides is 2. The molecular weight excluding hydrogens is 483 g/mol. The summed E-state index contributed by atoms with van der Waals surface area (Å²) < 4.78 is 41.3. The van der Waals surface area contributed by atoms with Gasteiger partial charge in [-0.1, -0.05) is 30.7 Å². The van der Waals surface area contributed by atoms with Gasteiger partial charge in [-0.25, -0.2) is 8.70 Å². The van der Waals surface area contributed by atoms with Crippen LogP contribution in [0.15, 0.2) is 48.5 Å². The highest BCUT2D eigenvalue weighted by Crippen LogP contribution is 2.21. The lowest BCUT2D eigenvalue weighted by molar-refractivity contribution is -0.139. The lowest BCUT2D eigenvalue weighted by Crippen LogP contribution is -2.52. The van der Waals surface area contributed by atoms with Crippen molar-refractivity contribution in [3.05, 3.63) is 64.9 Å². The summed E-state index contributed by atoms with van der Waals surface area (Å²) >= 11 is 6.08. The van der Waals surface area contributed by atoms with Gasteiger partial charge in [0, 0.05) is 32.2 Å². The van der Waals surface area contributed by atoms with Crippen LogP contribution in [0, 0.1) is 5.82 Å². The zero-order chi connectivity index (χ0) is 25.5. The van der Waals surface area contributed by atoms with Crippen molar-refractivity contribution in [1.82, 2.24) is 14.5 Å². The Morgan fingerprint density at radius 1 is 1.12 bits per heavy atom. The summed E-state index contributed by atoms with van der Waals surface area (Å²) in [6, 6.07) is 10.8. The molecule has 1 N–H and O–H groups in total. The number of carbonyl (C=O) groups excluding carboxylic acids is 2. The molecule has 2 amide bonds. The molecule has 0 saturated carbocycles. The zero-order valence-electron chi connectivity index (χ0n) is 19.7. The normalized spacial score (nSPS) is 12.3. The minimum absolute atomic E-state index is 0.0410. The Balaban J connectivity index is 2.43. The summed E-state index contributed by atoms with van der Waals surface area (Å²) in [6.07, 6.45) is 0.722. The maximum atomic E-state index is 13.5. The lowest BCUT2D eigenvalue weighted by atomic mass is 10.1. The van der Waals surface area contributed by atoms with Crippen LogP contribution in [0.4, 0.5) is 10.1 Å². The van der Waals surface area contributed by atoms with Crippen molar-refractivity contribution in [3.8, 4) is 0 Å². The molecule has 0 aliphatic rings. The van der Waals surface area contributed by atoms with Crippen molar-refractivity contribution in [2.45, 2.75) is 32.9 Å². The van der Waals surface area contributed by atoms with E-state index in [9.17, 15) is 22.4 Å². The highest BCUT2D eigenvalue weighted by Gasteiger charge is 2.32. The van der Waals surface area contributed by atoms with E-state index >= 15 is 0 Å². The van der Waals surface area contributed by atoms with Crippen molar-refractivity contribution >= 4 is 39.3 Å². The molecule has 0 saturated heterocycles. The Labute approximate surface area is 205 Å². The molecule has 0 aromatic heterocycles. The third-order valence-electron chi connectivity index (χ3n) is 5.09. The van der Waals surface area contributed by atoms with Gasteiger partial charge < -0.3 is 10.2 Å². The van der Waals surface area contributed by atoms with Gasteiger partial charge in [-0.3, -0.25) is 9.59 Å². The van der Waals surface area contributed by atoms with E-state index in [0.717, 1.165) is 27.2 Å². The van der Waals surface area contributed by atoms with Gasteiger partial charge in [-0.2, -0.15) is 12.7 Å². The molecule has 0 spiro atoms. The second kappa shape index (κ2) is 12.1. The zero-order valence-corrected chi connectivity index (χ0v) is 21.2. The number of nitrogens with one attached hydrogen (secondary N) is 1. The molecule has 2 rings (SSSR count). The Hall–Kier alpha value is -2.69. The van der Waals surface area contributed by atoms with Gasteiger partial charge in [0.05, 0.1) is 5.69 Å². The first-order valence-corrected chi connectivity index (χ1v) is 12.5. The average molecular weight is 513 g/mol. The topological polar surface area (TPSA) is 90.0 Å². The van der Waals surface area contributed by atoms with Gasteiger partial charge in [0.25, 0.3) is 0 Å². The molecule has 0 aliphatic carbocycles. The third kappa shape index (κ3) is 7.15. The van der Waals surface area contributed by atoms with E-state index in [1.165, 1.54) is 31.1 Å². The number of rotatable bonds is 11. The molecule has 2 aromatic rings. The van der Waals surface area contributed by atoms with Crippen LogP contribution in [0.1, 0.15) is 25.8 Å². The molecule has 1 unspecified atom stereocenters. The highest BCUT2D eigenvalue weighted by molar-refractivity contribution is 7.90. The molecule has 0 radical (unpaired) electrons. The fraction of sp³-hybridized carbons (Fsp3) is 0.391. The molecule has 2 aromatic carbocycles. The van der Waals surface area contributed by atoms with Crippen LogP contribution in [-0.2, 0) is 26.3 Å². The van der Waals surface area contributed by atoms with Crippen LogP contribution in [0.25, 0.3) is 0 Å². The second-order valence-electron chi connectivity index (χ2n) is 7.89. The van der Waals surface area contributed by atoms with E-state index in [1.807, 2.05) is 6.92 Å². The number of hydrogen-bond donors (Lipinski definition) is 1. The third-order valence-corrected chi connectivity index (χ3v) is 7.15. The standard InChI is InChI=1S/C23H30ClFN4O4S/c1-5-13-26-23(31)17(2)28(15-18-7-6-8-19(24)14-18)22(30)16-29(34(32,33)27(3)4)21-11-9-20(25)10-12-21/h6-12,14,17H,5,13,15-16H2,1-4H3,(H,26,31). The molecule has 1 atom stereocenters. The van der Waals surface area contributed by atoms with E-state index < -0.39 is 34.5 Å². The predicted molar refractivity (Wildman–Crippen MR) is 131 cm³/mol. The van der Waals surface area contributed by atoms with Crippen LogP contribution in [0.3, 0.4) is 0 Å². The molecule has 0 fully saturated rings. The fourth-order valence-electron chi connectivity index (χ4n) is 3.13. The first kappa shape index (κ1) is 27.6. The predicted octanol–water partition coefficient (Wildman–Crippen LogP) is 3.04. The Bertz CT molecular complexity index is 1100. The van der Waals surface area contributed by atoms with Crippen molar-refractivity contribution in [1.29, 1.82) is 0 Å². The second-order valence-corrected chi connectivity index (χ2v) is 10.4. The van der Waals surface area contributed by atoms with Gasteiger partial charge in [0.1, 0.15) is 18.4 Å². The van der Waals surface area contributed by atoms with E-state index in [2.05, 4.69) is 5.32 Å². The highest BCUT2D eigenvalue weighted by atomic mass is 35.5. The van der Waals surface area contributed by atoms with Gasteiger partial charge in [0.15, 0.2) is 0 Å². The van der Waals surface area contributed by atoms with E-state index in [4.69, 9.17) is 11.6 Å². The quantitative estimate of drug-likeness (QED) is 0.501. The number of hydrogen-bond acceptors (Lipinski definition) is 4. The Kier molecular flexibility index (Phi) is 9.84. The average Bonchev–Trinajstić information content (AvgIpc) is 2.79. The number of carbonyl (C=O) groups is 2. The van der Waals surface area contributed by atoms with Crippen molar-refractivity contribution in [2.75, 3.05) is 31.5 Å². The maximum absolute atomic E-state index is 13.5. The SMILES string of the molecule is CCCNC(=O)C(C)N(Cc1cccc(Cl)c1)C(=O)CN(c1ccc(F)cc1)S(=O)(=O)N(C)C. The van der Waals surface area contributed by atoms with Crippen molar-refractivity contribution in [3.63, 3.8) is 0 Å². The Morgan fingerprint density at radius 3 is 2.32 bits per heavy atom. The molecule has 34 heavy (non-hydrogen) atoms. The Morgan fingerprint density at radius 2 is 1.76 bits per heavy atom. The largest absolute Gasteiger partial charge is 0.354 e. The molecule has 0 bridgehead atoms. The van der Waals surface area contributed by atoms with Gasteiger partial charge in [-0.05, 0) is 55.3 Å². The lowest BCUT2D eigenvalue weighted by Gasteiger charge is -2.32. The van der Waals surface area contributed by atoms with Crippen LogP contribution < -0.4 is 9.62 Å². The van der Waals surface area contributed by atoms with Gasteiger partial charge in [0.2, 0.25) is 11.8 Å². The molecule has 0 heterocycles. The van der Waals surface area contributed by atoms with E-state index in [-0.39, 0.29) is 18.1 Å². The molecule has 8 nitrogen and oxygen atoms in total. The first-order chi connectivity index (χ1) is 16.0. The number of halogens is 2.